The molecule has 1 saturated carbocycles. The molecule has 0 atom stereocenters. The first-order valence-electron chi connectivity index (χ1n) is 10.9. The van der Waals surface area contributed by atoms with Gasteiger partial charge in [-0.15, -0.1) is 5.10 Å². The van der Waals surface area contributed by atoms with E-state index in [1.807, 2.05) is 12.3 Å². The molecule has 0 unspecified atom stereocenters. The van der Waals surface area contributed by atoms with Gasteiger partial charge in [0.15, 0.2) is 0 Å². The van der Waals surface area contributed by atoms with Gasteiger partial charge in [-0.05, 0) is 43.2 Å². The molecular weight excluding hydrogens is 376 g/mol. The molecule has 30 heavy (non-hydrogen) atoms. The van der Waals surface area contributed by atoms with Gasteiger partial charge in [-0.1, -0.05) is 35.5 Å². The molecule has 7 heteroatoms. The summed E-state index contributed by atoms with van der Waals surface area (Å²) >= 11 is 0. The lowest BCUT2D eigenvalue weighted by atomic mass is 9.80. The number of nitrogens with one attached hydrogen (secondary N) is 1. The highest BCUT2D eigenvalue weighted by atomic mass is 16.3. The molecule has 1 aliphatic carbocycles. The zero-order chi connectivity index (χ0) is 20.3. The van der Waals surface area contributed by atoms with Crippen molar-refractivity contribution in [3.63, 3.8) is 0 Å². The Morgan fingerprint density at radius 3 is 2.73 bits per heavy atom. The molecule has 0 radical (unpaired) electrons. The third-order valence-electron chi connectivity index (χ3n) is 6.41. The molecule has 2 N–H and O–H groups in total. The molecule has 1 aromatic carbocycles. The van der Waals surface area contributed by atoms with Crippen LogP contribution in [0.25, 0.3) is 16.6 Å². The smallest absolute Gasteiger partial charge is 0.141 e. The van der Waals surface area contributed by atoms with Gasteiger partial charge in [-0.25, -0.2) is 9.50 Å². The maximum absolute atomic E-state index is 9.51. The second kappa shape index (κ2) is 8.53. The lowest BCUT2D eigenvalue weighted by Gasteiger charge is -2.32. The molecular formula is C23H28N6O. The summed E-state index contributed by atoms with van der Waals surface area (Å²) in [6, 6.07) is 12.6. The van der Waals surface area contributed by atoms with Gasteiger partial charge in [-0.3, -0.25) is 4.90 Å². The van der Waals surface area contributed by atoms with Crippen LogP contribution in [0.5, 0.6) is 0 Å². The number of aromatic amines is 1. The highest BCUT2D eigenvalue weighted by Gasteiger charge is 2.27. The van der Waals surface area contributed by atoms with E-state index in [0.717, 1.165) is 54.7 Å². The number of aliphatic hydroxyl groups is 1. The lowest BCUT2D eigenvalue weighted by molar-refractivity contribution is 0.151. The molecule has 156 valence electrons. The van der Waals surface area contributed by atoms with Gasteiger partial charge in [0.25, 0.3) is 0 Å². The number of rotatable bonds is 7. The van der Waals surface area contributed by atoms with Crippen LogP contribution in [0, 0.1) is 5.92 Å². The first kappa shape index (κ1) is 19.2. The van der Waals surface area contributed by atoms with Crippen molar-refractivity contribution in [1.82, 2.24) is 29.7 Å². The Bertz CT molecular complexity index is 1100. The zero-order valence-electron chi connectivity index (χ0n) is 17.1. The molecule has 7 nitrogen and oxygen atoms in total. The minimum Gasteiger partial charge on any atom is -0.395 e. The zero-order valence-corrected chi connectivity index (χ0v) is 17.1. The monoisotopic (exact) mass is 404 g/mol. The fraction of sp³-hybridized carbons (Fsp3) is 0.435. The van der Waals surface area contributed by atoms with E-state index >= 15 is 0 Å². The van der Waals surface area contributed by atoms with Crippen molar-refractivity contribution in [2.45, 2.75) is 38.1 Å². The number of aliphatic hydroxyl groups excluding tert-OH is 1. The third kappa shape index (κ3) is 3.82. The van der Waals surface area contributed by atoms with Crippen LogP contribution in [0.15, 0.2) is 48.9 Å². The van der Waals surface area contributed by atoms with Crippen LogP contribution in [0.2, 0.25) is 0 Å². The normalized spacial score (nSPS) is 19.8. The van der Waals surface area contributed by atoms with E-state index in [1.165, 1.54) is 18.4 Å². The summed E-state index contributed by atoms with van der Waals surface area (Å²) in [7, 11) is 0. The minimum absolute atomic E-state index is 0.204. The van der Waals surface area contributed by atoms with Crippen molar-refractivity contribution < 1.29 is 5.11 Å². The molecule has 0 bridgehead atoms. The number of fused-ring (bicyclic) bond motifs is 3. The molecule has 0 amide bonds. The third-order valence-corrected chi connectivity index (χ3v) is 6.41. The second-order valence-corrected chi connectivity index (χ2v) is 8.41. The van der Waals surface area contributed by atoms with Gasteiger partial charge >= 0.3 is 0 Å². The Labute approximate surface area is 175 Å². The van der Waals surface area contributed by atoms with Gasteiger partial charge in [0.1, 0.15) is 17.5 Å². The standard InChI is InChI=1S/C23H28N6O/c30-13-12-28(14-17-4-2-1-3-5-17)15-18-6-8-19(9-7-18)21-22-20-10-11-24-23(20)25-16-29(22)27-26-21/h1-5,10-11,16,18-19,24,30H,6-9,12-15H2. The second-order valence-electron chi connectivity index (χ2n) is 8.41. The van der Waals surface area contributed by atoms with Crippen LogP contribution >= 0.6 is 0 Å². The number of aromatic nitrogens is 5. The van der Waals surface area contributed by atoms with Crippen LogP contribution in [-0.4, -0.2) is 54.5 Å². The summed E-state index contributed by atoms with van der Waals surface area (Å²) in [5, 5.41) is 19.5. The molecule has 1 fully saturated rings. The molecule has 0 spiro atoms. The van der Waals surface area contributed by atoms with Crippen molar-refractivity contribution in [2.24, 2.45) is 5.92 Å². The predicted octanol–water partition coefficient (Wildman–Crippen LogP) is 3.37. The largest absolute Gasteiger partial charge is 0.395 e. The maximum Gasteiger partial charge on any atom is 0.141 e. The van der Waals surface area contributed by atoms with Crippen molar-refractivity contribution in [3.05, 3.63) is 60.2 Å². The summed E-state index contributed by atoms with van der Waals surface area (Å²) in [6.45, 7) is 2.86. The number of H-pyrrole nitrogens is 1. The molecule has 3 heterocycles. The Morgan fingerprint density at radius 2 is 1.93 bits per heavy atom. The number of benzene rings is 1. The van der Waals surface area contributed by atoms with Crippen LogP contribution < -0.4 is 0 Å². The van der Waals surface area contributed by atoms with E-state index in [0.29, 0.717) is 11.8 Å². The Morgan fingerprint density at radius 1 is 1.10 bits per heavy atom. The lowest BCUT2D eigenvalue weighted by Crippen LogP contribution is -2.33. The quantitative estimate of drug-likeness (QED) is 0.493. The van der Waals surface area contributed by atoms with E-state index in [-0.39, 0.29) is 6.61 Å². The molecule has 5 rings (SSSR count). The highest BCUT2D eigenvalue weighted by molar-refractivity contribution is 5.92. The average molecular weight is 405 g/mol. The van der Waals surface area contributed by atoms with E-state index in [4.69, 9.17) is 0 Å². The summed E-state index contributed by atoms with van der Waals surface area (Å²) in [6.07, 6.45) is 8.29. The summed E-state index contributed by atoms with van der Waals surface area (Å²) in [5.74, 6) is 1.10. The van der Waals surface area contributed by atoms with Crippen molar-refractivity contribution >= 4 is 16.6 Å². The summed E-state index contributed by atoms with van der Waals surface area (Å²) in [5.41, 5.74) is 4.40. The molecule has 0 saturated heterocycles. The molecule has 4 aromatic rings. The van der Waals surface area contributed by atoms with Gasteiger partial charge in [0.05, 0.1) is 12.3 Å². The minimum atomic E-state index is 0.204. The van der Waals surface area contributed by atoms with Crippen LogP contribution in [-0.2, 0) is 6.54 Å². The Hall–Kier alpha value is -2.77. The number of hydrogen-bond acceptors (Lipinski definition) is 5. The van der Waals surface area contributed by atoms with Gasteiger partial charge in [0, 0.05) is 37.1 Å². The van der Waals surface area contributed by atoms with Crippen LogP contribution in [0.4, 0.5) is 0 Å². The first-order chi connectivity index (χ1) is 14.8. The average Bonchev–Trinajstić information content (AvgIpc) is 3.42. The van der Waals surface area contributed by atoms with E-state index in [1.54, 1.807) is 10.8 Å². The summed E-state index contributed by atoms with van der Waals surface area (Å²) in [4.78, 5) is 9.98. The number of nitrogens with zero attached hydrogens (tertiary/aromatic N) is 5. The highest BCUT2D eigenvalue weighted by Crippen LogP contribution is 2.38. The van der Waals surface area contributed by atoms with E-state index in [2.05, 4.69) is 55.5 Å². The molecule has 3 aromatic heterocycles. The maximum atomic E-state index is 9.51. The van der Waals surface area contributed by atoms with Crippen molar-refractivity contribution in [1.29, 1.82) is 0 Å². The van der Waals surface area contributed by atoms with Gasteiger partial charge < -0.3 is 10.1 Å². The first-order valence-corrected chi connectivity index (χ1v) is 10.9. The fourth-order valence-electron chi connectivity index (χ4n) is 4.90. The molecule has 0 aliphatic heterocycles. The van der Waals surface area contributed by atoms with Gasteiger partial charge in [0.2, 0.25) is 0 Å². The van der Waals surface area contributed by atoms with Crippen LogP contribution in [0.1, 0.15) is 42.9 Å². The Kier molecular flexibility index (Phi) is 5.46. The van der Waals surface area contributed by atoms with Gasteiger partial charge in [-0.2, -0.15) is 0 Å². The SMILES string of the molecule is OCCN(Cc1ccccc1)CC1CCC(c2nnn3cnc4[nH]ccc4c23)CC1. The Balaban J connectivity index is 1.26. The summed E-state index contributed by atoms with van der Waals surface area (Å²) < 4.78 is 1.81. The topological polar surface area (TPSA) is 82.3 Å². The fourth-order valence-corrected chi connectivity index (χ4v) is 4.90. The molecule has 1 aliphatic rings. The van der Waals surface area contributed by atoms with Crippen molar-refractivity contribution in [3.8, 4) is 0 Å². The van der Waals surface area contributed by atoms with Crippen molar-refractivity contribution in [2.75, 3.05) is 19.7 Å². The van der Waals surface area contributed by atoms with E-state index in [9.17, 15) is 5.11 Å². The predicted molar refractivity (Wildman–Crippen MR) is 116 cm³/mol. The van der Waals surface area contributed by atoms with Crippen LogP contribution in [0.3, 0.4) is 0 Å². The number of hydrogen-bond donors (Lipinski definition) is 2. The van der Waals surface area contributed by atoms with E-state index < -0.39 is 0 Å².